The van der Waals surface area contributed by atoms with Crippen LogP contribution in [0.3, 0.4) is 0 Å². The molecule has 0 aliphatic carbocycles. The third-order valence-electron chi connectivity index (χ3n) is 1.87. The predicted octanol–water partition coefficient (Wildman–Crippen LogP) is 3.55. The van der Waals surface area contributed by atoms with E-state index in [4.69, 9.17) is 11.6 Å². The Morgan fingerprint density at radius 2 is 1.84 bits per heavy atom. The molecule has 1 aromatic heterocycles. The van der Waals surface area contributed by atoms with Gasteiger partial charge in [0.25, 0.3) is 0 Å². The van der Waals surface area contributed by atoms with E-state index in [1.165, 1.54) is 0 Å². The Morgan fingerprint density at radius 3 is 2.21 bits per heavy atom. The van der Waals surface area contributed by atoms with Gasteiger partial charge in [-0.3, -0.25) is 4.79 Å². The third kappa shape index (κ3) is 3.98. The normalized spacial score (nSPS) is 12.4. The minimum absolute atomic E-state index is 0.105. The fourth-order valence-electron chi connectivity index (χ4n) is 1.15. The van der Waals surface area contributed by atoms with Crippen molar-refractivity contribution in [2.24, 2.45) is 0 Å². The van der Waals surface area contributed by atoms with Crippen LogP contribution in [0.1, 0.15) is 21.6 Å². The lowest BCUT2D eigenvalue weighted by Crippen LogP contribution is -2.21. The van der Waals surface area contributed by atoms with Crippen molar-refractivity contribution in [3.8, 4) is 5.88 Å². The smallest absolute Gasteiger partial charge is 0.387 e. The van der Waals surface area contributed by atoms with E-state index < -0.39 is 41.1 Å². The first-order valence-electron chi connectivity index (χ1n) is 4.46. The molecule has 3 nitrogen and oxygen atoms in total. The van der Waals surface area contributed by atoms with Gasteiger partial charge in [-0.05, 0) is 11.6 Å². The van der Waals surface area contributed by atoms with Gasteiger partial charge in [-0.1, -0.05) is 0 Å². The molecule has 0 aromatic carbocycles. The SMILES string of the molecule is O=Cc1c(CCl)cc(C(F)(F)F)nc1OC(F)(F)F. The Labute approximate surface area is 107 Å². The van der Waals surface area contributed by atoms with E-state index >= 15 is 0 Å². The van der Waals surface area contributed by atoms with Gasteiger partial charge in [-0.2, -0.15) is 13.2 Å². The molecule has 0 aliphatic heterocycles. The van der Waals surface area contributed by atoms with Crippen LogP contribution in [-0.4, -0.2) is 17.6 Å². The van der Waals surface area contributed by atoms with Crippen LogP contribution in [0.2, 0.25) is 0 Å². The highest BCUT2D eigenvalue weighted by atomic mass is 35.5. The first-order chi connectivity index (χ1) is 8.58. The zero-order chi connectivity index (χ0) is 14.8. The number of halogens is 7. The van der Waals surface area contributed by atoms with Gasteiger partial charge in [-0.25, -0.2) is 4.98 Å². The standard InChI is InChI=1S/C9H4ClF6NO2/c10-2-4-1-6(8(11,12)13)17-7(5(4)3-18)19-9(14,15)16/h1,3H,2H2. The number of alkyl halides is 7. The lowest BCUT2D eigenvalue weighted by Gasteiger charge is -2.14. The van der Waals surface area contributed by atoms with E-state index in [2.05, 4.69) is 9.72 Å². The van der Waals surface area contributed by atoms with Crippen LogP contribution in [0.25, 0.3) is 0 Å². The first kappa shape index (κ1) is 15.5. The summed E-state index contributed by atoms with van der Waals surface area (Å²) in [4.78, 5) is 13.3. The monoisotopic (exact) mass is 307 g/mol. The van der Waals surface area contributed by atoms with Crippen molar-refractivity contribution in [2.45, 2.75) is 18.4 Å². The van der Waals surface area contributed by atoms with Crippen LogP contribution in [0.4, 0.5) is 26.3 Å². The predicted molar refractivity (Wildman–Crippen MR) is 50.9 cm³/mol. The number of ether oxygens (including phenoxy) is 1. The van der Waals surface area contributed by atoms with E-state index in [1.54, 1.807) is 0 Å². The molecule has 0 saturated carbocycles. The fourth-order valence-corrected chi connectivity index (χ4v) is 1.37. The summed E-state index contributed by atoms with van der Waals surface area (Å²) in [5.74, 6) is -2.08. The largest absolute Gasteiger partial charge is 0.574 e. The van der Waals surface area contributed by atoms with Crippen molar-refractivity contribution in [1.29, 1.82) is 0 Å². The van der Waals surface area contributed by atoms with Crippen molar-refractivity contribution in [3.05, 3.63) is 22.9 Å². The van der Waals surface area contributed by atoms with Crippen molar-refractivity contribution < 1.29 is 35.9 Å². The Hall–Kier alpha value is -1.51. The van der Waals surface area contributed by atoms with Gasteiger partial charge in [0.05, 0.1) is 5.56 Å². The second-order valence-electron chi connectivity index (χ2n) is 3.18. The average molecular weight is 308 g/mol. The Balaban J connectivity index is 3.44. The number of carbonyl (C=O) groups excluding carboxylic acids is 1. The molecule has 1 rings (SSSR count). The molecular formula is C9H4ClF6NO2. The molecule has 0 N–H and O–H groups in total. The molecule has 0 fully saturated rings. The molecule has 0 atom stereocenters. The average Bonchev–Trinajstić information content (AvgIpc) is 2.24. The molecule has 0 bridgehead atoms. The third-order valence-corrected chi connectivity index (χ3v) is 2.16. The van der Waals surface area contributed by atoms with E-state index in [-0.39, 0.29) is 6.29 Å². The quantitative estimate of drug-likeness (QED) is 0.487. The Morgan fingerprint density at radius 1 is 1.26 bits per heavy atom. The van der Waals surface area contributed by atoms with Crippen molar-refractivity contribution >= 4 is 17.9 Å². The number of pyridine rings is 1. The van der Waals surface area contributed by atoms with Crippen LogP contribution in [-0.2, 0) is 12.1 Å². The maximum atomic E-state index is 12.4. The van der Waals surface area contributed by atoms with Gasteiger partial charge in [0.15, 0.2) is 6.29 Å². The molecular weight excluding hydrogens is 304 g/mol. The van der Waals surface area contributed by atoms with E-state index in [0.29, 0.717) is 6.07 Å². The summed E-state index contributed by atoms with van der Waals surface area (Å²) in [7, 11) is 0. The minimum Gasteiger partial charge on any atom is -0.387 e. The number of rotatable bonds is 3. The van der Waals surface area contributed by atoms with Crippen LogP contribution in [0, 0.1) is 0 Å². The topological polar surface area (TPSA) is 39.2 Å². The number of hydrogen-bond donors (Lipinski definition) is 0. The summed E-state index contributed by atoms with van der Waals surface area (Å²) in [6, 6.07) is 0.389. The molecule has 0 amide bonds. The summed E-state index contributed by atoms with van der Waals surface area (Å²) >= 11 is 5.29. The molecule has 0 spiro atoms. The number of hydrogen-bond acceptors (Lipinski definition) is 3. The summed E-state index contributed by atoms with van der Waals surface area (Å²) in [6.45, 7) is 0. The van der Waals surface area contributed by atoms with Gasteiger partial charge in [0.2, 0.25) is 5.88 Å². The van der Waals surface area contributed by atoms with Crippen LogP contribution < -0.4 is 4.74 Å². The lowest BCUT2D eigenvalue weighted by atomic mass is 10.1. The molecule has 0 unspecified atom stereocenters. The summed E-state index contributed by atoms with van der Waals surface area (Å²) in [5.41, 5.74) is -2.87. The molecule has 1 heterocycles. The van der Waals surface area contributed by atoms with Crippen LogP contribution in [0.15, 0.2) is 6.07 Å². The van der Waals surface area contributed by atoms with Gasteiger partial charge in [0, 0.05) is 5.88 Å². The zero-order valence-electron chi connectivity index (χ0n) is 8.77. The van der Waals surface area contributed by atoms with Crippen LogP contribution in [0.5, 0.6) is 5.88 Å². The second-order valence-corrected chi connectivity index (χ2v) is 3.45. The molecule has 0 aliphatic rings. The zero-order valence-corrected chi connectivity index (χ0v) is 9.53. The minimum atomic E-state index is -5.28. The number of nitrogens with zero attached hydrogens (tertiary/aromatic N) is 1. The highest BCUT2D eigenvalue weighted by Crippen LogP contribution is 2.34. The van der Waals surface area contributed by atoms with E-state index in [0.717, 1.165) is 0 Å². The molecule has 0 saturated heterocycles. The van der Waals surface area contributed by atoms with E-state index in [9.17, 15) is 31.1 Å². The summed E-state index contributed by atoms with van der Waals surface area (Å²) in [5, 5.41) is 0. The van der Waals surface area contributed by atoms with Gasteiger partial charge < -0.3 is 4.74 Å². The van der Waals surface area contributed by atoms with Crippen LogP contribution >= 0.6 is 11.6 Å². The summed E-state index contributed by atoms with van der Waals surface area (Å²) in [6.07, 6.45) is -10.4. The van der Waals surface area contributed by atoms with Gasteiger partial charge in [-0.15, -0.1) is 24.8 Å². The Bertz CT molecular complexity index is 485. The maximum Gasteiger partial charge on any atom is 0.574 e. The molecule has 19 heavy (non-hydrogen) atoms. The number of carbonyl (C=O) groups is 1. The van der Waals surface area contributed by atoms with Crippen molar-refractivity contribution in [1.82, 2.24) is 4.98 Å². The number of aromatic nitrogens is 1. The molecule has 1 aromatic rings. The lowest BCUT2D eigenvalue weighted by molar-refractivity contribution is -0.276. The van der Waals surface area contributed by atoms with Crippen molar-refractivity contribution in [2.75, 3.05) is 0 Å². The van der Waals surface area contributed by atoms with Gasteiger partial charge >= 0.3 is 12.5 Å². The highest BCUT2D eigenvalue weighted by molar-refractivity contribution is 6.17. The number of aldehydes is 1. The molecule has 10 heteroatoms. The fraction of sp³-hybridized carbons (Fsp3) is 0.333. The highest BCUT2D eigenvalue weighted by Gasteiger charge is 2.38. The first-order valence-corrected chi connectivity index (χ1v) is 5.00. The van der Waals surface area contributed by atoms with Gasteiger partial charge in [0.1, 0.15) is 5.69 Å². The van der Waals surface area contributed by atoms with Crippen molar-refractivity contribution in [3.63, 3.8) is 0 Å². The second kappa shape index (κ2) is 5.24. The molecule has 0 radical (unpaired) electrons. The summed E-state index contributed by atoms with van der Waals surface area (Å²) < 4.78 is 76.7. The Kier molecular flexibility index (Phi) is 4.28. The van der Waals surface area contributed by atoms with E-state index in [1.807, 2.05) is 0 Å². The maximum absolute atomic E-state index is 12.4. The molecule has 106 valence electrons.